The van der Waals surface area contributed by atoms with Gasteiger partial charge in [-0.05, 0) is 6.92 Å². The molecule has 0 spiro atoms. The molecule has 0 saturated heterocycles. The summed E-state index contributed by atoms with van der Waals surface area (Å²) in [5.41, 5.74) is 5.15. The van der Waals surface area contributed by atoms with Crippen molar-refractivity contribution >= 4 is 18.4 Å². The van der Waals surface area contributed by atoms with Gasteiger partial charge in [-0.1, -0.05) is 0 Å². The predicted octanol–water partition coefficient (Wildman–Crippen LogP) is -0.711. The van der Waals surface area contributed by atoms with Gasteiger partial charge in [0.25, 0.3) is 0 Å². The highest BCUT2D eigenvalue weighted by molar-refractivity contribution is 5.85. The first-order chi connectivity index (χ1) is 4.09. The Kier molecular flexibility index (Phi) is 6.76. The summed E-state index contributed by atoms with van der Waals surface area (Å²) >= 11 is 0. The highest BCUT2D eigenvalue weighted by Crippen LogP contribution is 1.89. The van der Waals surface area contributed by atoms with Crippen molar-refractivity contribution in [2.45, 2.75) is 19.1 Å². The summed E-state index contributed by atoms with van der Waals surface area (Å²) in [7, 11) is 1.23. The van der Waals surface area contributed by atoms with Crippen molar-refractivity contribution in [2.75, 3.05) is 7.11 Å². The molecular formula is C5H12ClNO3. The fraction of sp³-hybridized carbons (Fsp3) is 0.800. The van der Waals surface area contributed by atoms with Crippen LogP contribution in [0.3, 0.4) is 0 Å². The first-order valence-electron chi connectivity index (χ1n) is 2.61. The lowest BCUT2D eigenvalue weighted by Crippen LogP contribution is -2.40. The number of esters is 1. The number of methoxy groups -OCH3 is 1. The topological polar surface area (TPSA) is 72.5 Å². The quantitative estimate of drug-likeness (QED) is 0.536. The van der Waals surface area contributed by atoms with Gasteiger partial charge in [-0.3, -0.25) is 4.79 Å². The van der Waals surface area contributed by atoms with Crippen LogP contribution in [0.15, 0.2) is 0 Å². The zero-order chi connectivity index (χ0) is 7.44. The maximum Gasteiger partial charge on any atom is 0.325 e. The molecule has 5 heteroatoms. The molecule has 0 aromatic rings. The van der Waals surface area contributed by atoms with Crippen molar-refractivity contribution in [3.8, 4) is 0 Å². The second-order valence-electron chi connectivity index (χ2n) is 1.79. The normalized spacial score (nSPS) is 14.8. The smallest absolute Gasteiger partial charge is 0.325 e. The Morgan fingerprint density at radius 1 is 1.70 bits per heavy atom. The molecule has 0 saturated carbocycles. The van der Waals surface area contributed by atoms with E-state index in [2.05, 4.69) is 4.74 Å². The number of hydrogen-bond donors (Lipinski definition) is 2. The van der Waals surface area contributed by atoms with Crippen LogP contribution >= 0.6 is 12.4 Å². The monoisotopic (exact) mass is 169 g/mol. The largest absolute Gasteiger partial charge is 0.468 e. The van der Waals surface area contributed by atoms with Crippen LogP contribution in [-0.4, -0.2) is 30.3 Å². The summed E-state index contributed by atoms with van der Waals surface area (Å²) in [4.78, 5) is 10.4. The van der Waals surface area contributed by atoms with Gasteiger partial charge < -0.3 is 15.6 Å². The Balaban J connectivity index is 0. The number of ether oxygens (including phenoxy) is 1. The fourth-order valence-corrected chi connectivity index (χ4v) is 0.333. The summed E-state index contributed by atoms with van der Waals surface area (Å²) in [6.45, 7) is 1.43. The van der Waals surface area contributed by atoms with Crippen molar-refractivity contribution in [1.29, 1.82) is 0 Å². The number of nitrogens with two attached hydrogens (primary N) is 1. The molecule has 4 nitrogen and oxygen atoms in total. The van der Waals surface area contributed by atoms with Crippen molar-refractivity contribution in [2.24, 2.45) is 5.73 Å². The molecule has 0 aromatic carbocycles. The van der Waals surface area contributed by atoms with E-state index in [0.717, 1.165) is 0 Å². The van der Waals surface area contributed by atoms with Crippen LogP contribution in [0.1, 0.15) is 6.92 Å². The van der Waals surface area contributed by atoms with Crippen molar-refractivity contribution in [3.05, 3.63) is 0 Å². The average Bonchev–Trinajstić information content (AvgIpc) is 1.84. The molecular weight excluding hydrogens is 158 g/mol. The minimum atomic E-state index is -0.921. The number of aliphatic hydroxyl groups excluding tert-OH is 1. The van der Waals surface area contributed by atoms with Gasteiger partial charge in [0.1, 0.15) is 6.04 Å². The number of hydrogen-bond acceptors (Lipinski definition) is 4. The second kappa shape index (κ2) is 5.46. The molecule has 0 bridgehead atoms. The summed E-state index contributed by atoms with van der Waals surface area (Å²) in [6, 6.07) is -0.921. The molecule has 1 unspecified atom stereocenters. The highest BCUT2D eigenvalue weighted by atomic mass is 35.5. The molecule has 0 amide bonds. The molecule has 2 atom stereocenters. The van der Waals surface area contributed by atoms with E-state index in [9.17, 15) is 4.79 Å². The van der Waals surface area contributed by atoms with Gasteiger partial charge in [-0.2, -0.15) is 0 Å². The Morgan fingerprint density at radius 3 is 2.20 bits per heavy atom. The lowest BCUT2D eigenvalue weighted by molar-refractivity contribution is -0.144. The van der Waals surface area contributed by atoms with E-state index in [4.69, 9.17) is 10.8 Å². The summed E-state index contributed by atoms with van der Waals surface area (Å²) < 4.78 is 4.25. The van der Waals surface area contributed by atoms with Crippen LogP contribution in [0, 0.1) is 0 Å². The van der Waals surface area contributed by atoms with Gasteiger partial charge in [0.2, 0.25) is 0 Å². The van der Waals surface area contributed by atoms with Crippen LogP contribution < -0.4 is 5.73 Å². The van der Waals surface area contributed by atoms with Gasteiger partial charge in [-0.25, -0.2) is 0 Å². The minimum absolute atomic E-state index is 0. The van der Waals surface area contributed by atoms with Gasteiger partial charge >= 0.3 is 5.97 Å². The van der Waals surface area contributed by atoms with Crippen molar-refractivity contribution in [1.82, 2.24) is 0 Å². The van der Waals surface area contributed by atoms with E-state index in [1.165, 1.54) is 14.0 Å². The van der Waals surface area contributed by atoms with Gasteiger partial charge in [0.05, 0.1) is 13.2 Å². The Hall–Kier alpha value is -0.320. The Bertz CT molecular complexity index is 107. The van der Waals surface area contributed by atoms with Gasteiger partial charge in [0.15, 0.2) is 0 Å². The molecule has 0 radical (unpaired) electrons. The fourth-order valence-electron chi connectivity index (χ4n) is 0.333. The third-order valence-electron chi connectivity index (χ3n) is 0.993. The lowest BCUT2D eigenvalue weighted by Gasteiger charge is -2.10. The molecule has 0 aliphatic rings. The number of rotatable bonds is 2. The maximum atomic E-state index is 10.4. The van der Waals surface area contributed by atoms with E-state index in [1.54, 1.807) is 0 Å². The number of carbonyl (C=O) groups excluding carboxylic acids is 1. The Labute approximate surface area is 65.8 Å². The summed E-state index contributed by atoms with van der Waals surface area (Å²) in [5.74, 6) is -0.593. The van der Waals surface area contributed by atoms with E-state index in [1.807, 2.05) is 0 Å². The van der Waals surface area contributed by atoms with E-state index in [-0.39, 0.29) is 12.4 Å². The molecule has 0 fully saturated rings. The molecule has 0 aliphatic carbocycles. The summed E-state index contributed by atoms with van der Waals surface area (Å²) in [5, 5.41) is 8.70. The van der Waals surface area contributed by atoms with Crippen LogP contribution in [0.25, 0.3) is 0 Å². The van der Waals surface area contributed by atoms with Crippen LogP contribution in [-0.2, 0) is 9.53 Å². The molecule has 10 heavy (non-hydrogen) atoms. The predicted molar refractivity (Wildman–Crippen MR) is 38.9 cm³/mol. The van der Waals surface area contributed by atoms with Crippen LogP contribution in [0.2, 0.25) is 0 Å². The third-order valence-corrected chi connectivity index (χ3v) is 0.993. The first-order valence-corrected chi connectivity index (χ1v) is 2.61. The van der Waals surface area contributed by atoms with Crippen LogP contribution in [0.5, 0.6) is 0 Å². The van der Waals surface area contributed by atoms with Gasteiger partial charge in [-0.15, -0.1) is 12.4 Å². The second-order valence-corrected chi connectivity index (χ2v) is 1.79. The first kappa shape index (κ1) is 12.4. The van der Waals surface area contributed by atoms with Crippen LogP contribution in [0.4, 0.5) is 0 Å². The standard InChI is InChI=1S/C5H11NO3.ClH/c1-3(7)4(6)5(8)9-2;/h3-4,7H,6H2,1-2H3;1H/t3?,4-;/m0./s1. The van der Waals surface area contributed by atoms with Crippen molar-refractivity contribution in [3.63, 3.8) is 0 Å². The zero-order valence-corrected chi connectivity index (χ0v) is 6.72. The third kappa shape index (κ3) is 3.66. The maximum absolute atomic E-state index is 10.4. The minimum Gasteiger partial charge on any atom is -0.468 e. The molecule has 3 N–H and O–H groups in total. The average molecular weight is 170 g/mol. The Morgan fingerprint density at radius 2 is 2.10 bits per heavy atom. The van der Waals surface area contributed by atoms with E-state index >= 15 is 0 Å². The highest BCUT2D eigenvalue weighted by Gasteiger charge is 2.18. The van der Waals surface area contributed by atoms with E-state index < -0.39 is 18.1 Å². The van der Waals surface area contributed by atoms with Gasteiger partial charge in [0, 0.05) is 0 Å². The molecule has 0 rings (SSSR count). The lowest BCUT2D eigenvalue weighted by atomic mass is 10.2. The number of aliphatic hydroxyl groups is 1. The van der Waals surface area contributed by atoms with Crippen molar-refractivity contribution < 1.29 is 14.6 Å². The van der Waals surface area contributed by atoms with E-state index in [0.29, 0.717) is 0 Å². The molecule has 0 aliphatic heterocycles. The SMILES string of the molecule is COC(=O)[C@@H](N)C(C)O.Cl. The number of halogens is 1. The number of carbonyl (C=O) groups is 1. The zero-order valence-electron chi connectivity index (χ0n) is 5.90. The molecule has 62 valence electrons. The summed E-state index contributed by atoms with van der Waals surface area (Å²) in [6.07, 6.45) is -0.850. The molecule has 0 aromatic heterocycles. The molecule has 0 heterocycles.